The fourth-order valence-electron chi connectivity index (χ4n) is 4.59. The standard InChI is InChI=1S/C33H34BrN3O4S/c1-3-35-33(39)31(22-26-10-6-4-7-11-26)36(23-27-16-18-28(34)19-17-27)32(38)24-37(29-20-14-25(2)15-21-29)42(40,41)30-12-8-5-9-13-30/h4-21,31H,3,22-24H2,1-2H3,(H,35,39)/t31-/m1/s1. The van der Waals surface area contributed by atoms with Crippen LogP contribution in [-0.2, 0) is 32.6 Å². The zero-order chi connectivity index (χ0) is 30.1. The summed E-state index contributed by atoms with van der Waals surface area (Å²) >= 11 is 3.45. The van der Waals surface area contributed by atoms with Crippen LogP contribution in [-0.4, -0.2) is 44.3 Å². The van der Waals surface area contributed by atoms with Crippen LogP contribution in [0.1, 0.15) is 23.6 Å². The molecule has 0 radical (unpaired) electrons. The molecule has 4 aromatic rings. The molecule has 0 saturated carbocycles. The summed E-state index contributed by atoms with van der Waals surface area (Å²) in [5.41, 5.74) is 3.01. The Hall–Kier alpha value is -3.95. The highest BCUT2D eigenvalue weighted by Crippen LogP contribution is 2.25. The summed E-state index contributed by atoms with van der Waals surface area (Å²) in [6.45, 7) is 3.76. The van der Waals surface area contributed by atoms with Gasteiger partial charge in [-0.15, -0.1) is 0 Å². The average molecular weight is 649 g/mol. The Morgan fingerprint density at radius 1 is 0.810 bits per heavy atom. The Morgan fingerprint density at radius 2 is 1.40 bits per heavy atom. The number of sulfonamides is 1. The van der Waals surface area contributed by atoms with Crippen LogP contribution < -0.4 is 9.62 Å². The molecule has 7 nitrogen and oxygen atoms in total. The average Bonchev–Trinajstić information content (AvgIpc) is 3.00. The van der Waals surface area contributed by atoms with Gasteiger partial charge < -0.3 is 10.2 Å². The van der Waals surface area contributed by atoms with Gasteiger partial charge in [0.1, 0.15) is 12.6 Å². The molecule has 0 saturated heterocycles. The van der Waals surface area contributed by atoms with Crippen molar-refractivity contribution < 1.29 is 18.0 Å². The molecule has 4 aromatic carbocycles. The maximum absolute atomic E-state index is 14.3. The van der Waals surface area contributed by atoms with E-state index < -0.39 is 28.5 Å². The summed E-state index contributed by atoms with van der Waals surface area (Å²) in [4.78, 5) is 29.4. The van der Waals surface area contributed by atoms with Crippen molar-refractivity contribution in [3.05, 3.63) is 130 Å². The van der Waals surface area contributed by atoms with Gasteiger partial charge in [-0.1, -0.05) is 94.3 Å². The van der Waals surface area contributed by atoms with Gasteiger partial charge in [0.2, 0.25) is 11.8 Å². The van der Waals surface area contributed by atoms with Gasteiger partial charge in [-0.25, -0.2) is 8.42 Å². The summed E-state index contributed by atoms with van der Waals surface area (Å²) in [6.07, 6.45) is 0.269. The second-order valence-corrected chi connectivity index (χ2v) is 12.7. The molecule has 0 bridgehead atoms. The Balaban J connectivity index is 1.78. The molecular formula is C33H34BrN3O4S. The van der Waals surface area contributed by atoms with Crippen molar-refractivity contribution in [3.8, 4) is 0 Å². The highest BCUT2D eigenvalue weighted by atomic mass is 79.9. The number of aryl methyl sites for hydroxylation is 1. The smallest absolute Gasteiger partial charge is 0.264 e. The predicted molar refractivity (Wildman–Crippen MR) is 169 cm³/mol. The summed E-state index contributed by atoms with van der Waals surface area (Å²) in [6, 6.07) is 31.1. The minimum atomic E-state index is -4.11. The van der Waals surface area contributed by atoms with Crippen LogP contribution in [0.25, 0.3) is 0 Å². The van der Waals surface area contributed by atoms with E-state index in [2.05, 4.69) is 21.2 Å². The van der Waals surface area contributed by atoms with Crippen molar-refractivity contribution in [2.45, 2.75) is 37.8 Å². The van der Waals surface area contributed by atoms with Crippen LogP contribution in [0.4, 0.5) is 5.69 Å². The van der Waals surface area contributed by atoms with Crippen LogP contribution in [0.5, 0.6) is 0 Å². The zero-order valence-corrected chi connectivity index (χ0v) is 26.0. The topological polar surface area (TPSA) is 86.8 Å². The van der Waals surface area contributed by atoms with Gasteiger partial charge in [0.05, 0.1) is 10.6 Å². The van der Waals surface area contributed by atoms with Gasteiger partial charge in [-0.2, -0.15) is 0 Å². The van der Waals surface area contributed by atoms with Gasteiger partial charge in [0.25, 0.3) is 10.0 Å². The van der Waals surface area contributed by atoms with Crippen molar-refractivity contribution in [2.75, 3.05) is 17.4 Å². The number of amides is 2. The first-order valence-electron chi connectivity index (χ1n) is 13.7. The molecule has 0 aliphatic carbocycles. The lowest BCUT2D eigenvalue weighted by atomic mass is 10.0. The highest BCUT2D eigenvalue weighted by Gasteiger charge is 2.34. The number of nitrogens with one attached hydrogen (secondary N) is 1. The van der Waals surface area contributed by atoms with Crippen molar-refractivity contribution in [1.29, 1.82) is 0 Å². The second-order valence-electron chi connectivity index (χ2n) is 9.91. The van der Waals surface area contributed by atoms with E-state index in [1.54, 1.807) is 42.5 Å². The molecule has 9 heteroatoms. The van der Waals surface area contributed by atoms with E-state index in [0.29, 0.717) is 12.2 Å². The highest BCUT2D eigenvalue weighted by molar-refractivity contribution is 9.10. The van der Waals surface area contributed by atoms with Crippen molar-refractivity contribution in [3.63, 3.8) is 0 Å². The number of hydrogen-bond donors (Lipinski definition) is 1. The summed E-state index contributed by atoms with van der Waals surface area (Å²) in [5, 5.41) is 2.87. The molecule has 0 unspecified atom stereocenters. The molecule has 0 aliphatic heterocycles. The van der Waals surface area contributed by atoms with Gasteiger partial charge >= 0.3 is 0 Å². The zero-order valence-electron chi connectivity index (χ0n) is 23.6. The van der Waals surface area contributed by atoms with Crippen LogP contribution in [0.2, 0.25) is 0 Å². The van der Waals surface area contributed by atoms with E-state index in [-0.39, 0.29) is 23.8 Å². The molecule has 0 fully saturated rings. The molecular weight excluding hydrogens is 614 g/mol. The number of carbonyl (C=O) groups is 2. The van der Waals surface area contributed by atoms with Gasteiger partial charge in [-0.05, 0) is 61.4 Å². The van der Waals surface area contributed by atoms with E-state index in [4.69, 9.17) is 0 Å². The molecule has 0 heterocycles. The third-order valence-corrected chi connectivity index (χ3v) is 9.14. The maximum atomic E-state index is 14.3. The fraction of sp³-hybridized carbons (Fsp3) is 0.212. The van der Waals surface area contributed by atoms with Crippen LogP contribution in [0.15, 0.2) is 119 Å². The molecule has 1 atom stereocenters. The van der Waals surface area contributed by atoms with Crippen molar-refractivity contribution in [2.24, 2.45) is 0 Å². The molecule has 0 aliphatic rings. The molecule has 0 spiro atoms. The molecule has 42 heavy (non-hydrogen) atoms. The van der Waals surface area contributed by atoms with E-state index in [1.165, 1.54) is 17.0 Å². The number of rotatable bonds is 12. The van der Waals surface area contributed by atoms with Gasteiger partial charge in [-0.3, -0.25) is 13.9 Å². The number of likely N-dealkylation sites (N-methyl/N-ethyl adjacent to an activating group) is 1. The van der Waals surface area contributed by atoms with Crippen molar-refractivity contribution >= 4 is 43.5 Å². The first-order valence-corrected chi connectivity index (χ1v) is 15.9. The fourth-order valence-corrected chi connectivity index (χ4v) is 6.29. The Labute approximate surface area is 256 Å². The molecule has 0 aromatic heterocycles. The first-order chi connectivity index (χ1) is 20.2. The summed E-state index contributed by atoms with van der Waals surface area (Å²) in [5.74, 6) is -0.801. The SMILES string of the molecule is CCNC(=O)[C@@H](Cc1ccccc1)N(Cc1ccc(Br)cc1)C(=O)CN(c1ccc(C)cc1)S(=O)(=O)c1ccccc1. The molecule has 1 N–H and O–H groups in total. The minimum absolute atomic E-state index is 0.0717. The minimum Gasteiger partial charge on any atom is -0.355 e. The third kappa shape index (κ3) is 7.86. The number of carbonyl (C=O) groups excluding carboxylic acids is 2. The molecule has 218 valence electrons. The maximum Gasteiger partial charge on any atom is 0.264 e. The van der Waals surface area contributed by atoms with E-state index in [1.807, 2.05) is 68.4 Å². The predicted octanol–water partition coefficient (Wildman–Crippen LogP) is 5.73. The van der Waals surface area contributed by atoms with Crippen LogP contribution >= 0.6 is 15.9 Å². The second kappa shape index (κ2) is 14.3. The quantitative estimate of drug-likeness (QED) is 0.213. The number of hydrogen-bond acceptors (Lipinski definition) is 4. The monoisotopic (exact) mass is 647 g/mol. The Morgan fingerprint density at radius 3 is 2.00 bits per heavy atom. The first kappa shape index (κ1) is 31.0. The normalized spacial score (nSPS) is 11.9. The van der Waals surface area contributed by atoms with Gasteiger partial charge in [0, 0.05) is 24.0 Å². The number of benzene rings is 4. The summed E-state index contributed by atoms with van der Waals surface area (Å²) < 4.78 is 29.9. The summed E-state index contributed by atoms with van der Waals surface area (Å²) in [7, 11) is -4.11. The van der Waals surface area contributed by atoms with Crippen LogP contribution in [0, 0.1) is 6.92 Å². The molecule has 2 amide bonds. The van der Waals surface area contributed by atoms with Crippen LogP contribution in [0.3, 0.4) is 0 Å². The number of nitrogens with zero attached hydrogens (tertiary/aromatic N) is 2. The number of anilines is 1. The van der Waals surface area contributed by atoms with Gasteiger partial charge in [0.15, 0.2) is 0 Å². The lowest BCUT2D eigenvalue weighted by Gasteiger charge is -2.34. The Bertz CT molecular complexity index is 1580. The lowest BCUT2D eigenvalue weighted by Crippen LogP contribution is -2.53. The number of halogens is 1. The molecule has 4 rings (SSSR count). The largest absolute Gasteiger partial charge is 0.355 e. The van der Waals surface area contributed by atoms with E-state index in [9.17, 15) is 18.0 Å². The van der Waals surface area contributed by atoms with Crippen molar-refractivity contribution in [1.82, 2.24) is 10.2 Å². The Kier molecular flexibility index (Phi) is 10.5. The lowest BCUT2D eigenvalue weighted by molar-refractivity contribution is -0.140. The van der Waals surface area contributed by atoms with E-state index >= 15 is 0 Å². The van der Waals surface area contributed by atoms with E-state index in [0.717, 1.165) is 25.5 Å². The third-order valence-electron chi connectivity index (χ3n) is 6.82.